The number of benzene rings is 1. The third kappa shape index (κ3) is 15.5. The topological polar surface area (TPSA) is 342 Å². The van der Waals surface area contributed by atoms with Gasteiger partial charge in [-0.05, 0) is 102 Å². The summed E-state index contributed by atoms with van der Waals surface area (Å²) in [5.41, 5.74) is 3.27. The molecule has 6 fully saturated rings. The van der Waals surface area contributed by atoms with Crippen molar-refractivity contribution in [3.63, 3.8) is 0 Å². The average Bonchev–Trinajstić information content (AvgIpc) is 1.55. The van der Waals surface area contributed by atoms with Crippen LogP contribution in [0.25, 0.3) is 0 Å². The first-order chi connectivity index (χ1) is 43.1. The van der Waals surface area contributed by atoms with E-state index in [4.69, 9.17) is 62.8 Å². The van der Waals surface area contributed by atoms with Crippen LogP contribution < -0.4 is 36.3 Å². The van der Waals surface area contributed by atoms with Gasteiger partial charge in [-0.15, -0.1) is 0 Å². The van der Waals surface area contributed by atoms with Crippen LogP contribution in [0.1, 0.15) is 103 Å². The number of likely N-dealkylation sites (N-methyl/N-ethyl adjacent to an activating group) is 1. The molecule has 1 aromatic rings. The number of allylic oxidation sites excluding steroid dienone is 2. The minimum absolute atomic E-state index is 0.0273. The normalized spacial score (nSPS) is 38.2. The van der Waals surface area contributed by atoms with Crippen LogP contribution >= 0.6 is 55.9 Å². The Labute approximate surface area is 556 Å². The summed E-state index contributed by atoms with van der Waals surface area (Å²) >= 11 is 2.84. The third-order valence-electron chi connectivity index (χ3n) is 17.7. The molecule has 4 aliphatic heterocycles. The molecule has 506 valence electrons. The number of ether oxygens (including phenoxy) is 11. The molecule has 1 amide bonds. The number of Topliss-reactive ketones (excluding diaryl/α,β-unsaturated/α-hetero) is 2. The number of carbonyl (C=O) groups is 4. The number of nitrogens with two attached hydrogens (primary N) is 1. The van der Waals surface area contributed by atoms with Crippen LogP contribution in [0.15, 0.2) is 23.3 Å². The SMILES string of the molecule is CCN[C@H]1CO[C@@H](O[C@H]2[C@H](O[C@H]3C#C/C=C(/C)C#CC45C(CC(C)=O)C(=O)C[C@]4(O)/C(=C/CSSC(C)(C)CC(=O)NN)C35)O[C@H](C)[C@@H](NO[C@H]3C[C@H](O)[C@H](SC(=O)c4c(C)c(I)c(O[C@@H]5O[C@@H](C)[C@H](O)[C@@H](OC)[C@H]5O)c(OC)c4OC)[C@@H](C)O3)[C@@H]2O)C[C@@H]1OC. The Bertz CT molecular complexity index is 3000. The summed E-state index contributed by atoms with van der Waals surface area (Å²) in [5.74, 6) is 15.7. The van der Waals surface area contributed by atoms with Crippen molar-refractivity contribution in [2.45, 2.75) is 214 Å². The van der Waals surface area contributed by atoms with Crippen molar-refractivity contribution in [1.29, 1.82) is 0 Å². The maximum absolute atomic E-state index is 14.5. The number of hydrogen-bond acceptors (Lipinski definition) is 27. The fraction of sp³-hybridized carbons (Fsp3) is 0.710. The van der Waals surface area contributed by atoms with Gasteiger partial charge in [0.1, 0.15) is 53.8 Å². The number of nitrogens with one attached hydrogen (secondary N) is 3. The molecule has 10 N–H and O–H groups in total. The van der Waals surface area contributed by atoms with E-state index in [1.165, 1.54) is 49.8 Å². The fourth-order valence-electron chi connectivity index (χ4n) is 13.2. The molecule has 22 atom stereocenters. The molecule has 0 aromatic heterocycles. The van der Waals surface area contributed by atoms with Crippen LogP contribution in [0.2, 0.25) is 0 Å². The molecule has 3 aliphatic carbocycles. The Kier molecular flexibility index (Phi) is 25.3. The van der Waals surface area contributed by atoms with Gasteiger partial charge in [-0.25, -0.2) is 5.84 Å². The molecule has 4 saturated heterocycles. The maximum Gasteiger partial charge on any atom is 0.235 e. The van der Waals surface area contributed by atoms with E-state index < -0.39 is 130 Å². The predicted molar refractivity (Wildman–Crippen MR) is 344 cm³/mol. The van der Waals surface area contributed by atoms with Crippen molar-refractivity contribution in [3.8, 4) is 40.9 Å². The lowest BCUT2D eigenvalue weighted by Crippen LogP contribution is -2.69. The van der Waals surface area contributed by atoms with E-state index in [1.807, 2.05) is 49.4 Å². The summed E-state index contributed by atoms with van der Waals surface area (Å²) in [6, 6.07) is -1.25. The van der Waals surface area contributed by atoms with Gasteiger partial charge in [0.05, 0.1) is 83.2 Å². The van der Waals surface area contributed by atoms with Crippen molar-refractivity contribution in [2.24, 2.45) is 23.1 Å². The zero-order valence-electron chi connectivity index (χ0n) is 53.3. The molecule has 0 radical (unpaired) electrons. The summed E-state index contributed by atoms with van der Waals surface area (Å²) in [6.07, 6.45) is -13.3. The van der Waals surface area contributed by atoms with E-state index >= 15 is 0 Å². The van der Waals surface area contributed by atoms with Gasteiger partial charge >= 0.3 is 0 Å². The number of halogens is 1. The highest BCUT2D eigenvalue weighted by Crippen LogP contribution is 2.70. The van der Waals surface area contributed by atoms with E-state index in [1.54, 1.807) is 47.8 Å². The van der Waals surface area contributed by atoms with Crippen molar-refractivity contribution in [1.82, 2.24) is 16.2 Å². The molecule has 2 saturated carbocycles. The van der Waals surface area contributed by atoms with Gasteiger partial charge in [0.2, 0.25) is 23.1 Å². The van der Waals surface area contributed by atoms with Gasteiger partial charge < -0.3 is 87.7 Å². The lowest BCUT2D eigenvalue weighted by Gasteiger charge is -2.60. The van der Waals surface area contributed by atoms with Crippen LogP contribution in [0.3, 0.4) is 0 Å². The minimum atomic E-state index is -1.83. The zero-order valence-corrected chi connectivity index (χ0v) is 57.9. The standard InChI is InChI=1S/C62H87IN4O21S3/c1-14-65-36-27-81-42(24-40(36)77-10)86-54-49(73)47(67-88-43-23-37(69)56(33(7)82-43)90-57(75)44-30(4)46(63)52(55(80-13)51(44)78-11)87-58-50(74)53(79-12)48(72)32(6)84-58)31(5)83-59(54)85-39-17-15-16-28(2)18-20-61-35(22-29(3)68)38(70)25-62(61,76)34(45(39)61)19-21-89-91-60(8,9)26-41(71)66-64/h16,19,31-33,35-37,39-40,42-43,45,47-50,53-54,56,58-59,65,67,69,72-74,76H,14,21-27,64H2,1-13H3,(H,66,71)/b28-16-,34-19+/t31-,32+,33-,35?,36+,37+,39+,40+,42+,43+,45?,47-,48+,49+,50-,53-,54-,56-,58+,59+,61?,62+/m1/s1. The lowest BCUT2D eigenvalue weighted by molar-refractivity contribution is -0.342. The molecule has 29 heteroatoms. The molecule has 0 bridgehead atoms. The average molecular weight is 1450 g/mol. The number of methoxy groups -OCH3 is 4. The Morgan fingerprint density at radius 2 is 1.63 bits per heavy atom. The minimum Gasteiger partial charge on any atom is -0.492 e. The molecule has 1 aromatic carbocycles. The summed E-state index contributed by atoms with van der Waals surface area (Å²) in [5, 5.41) is 61.2. The Morgan fingerprint density at radius 3 is 2.27 bits per heavy atom. The molecule has 1 spiro atoms. The predicted octanol–water partition coefficient (Wildman–Crippen LogP) is 3.07. The van der Waals surface area contributed by atoms with Gasteiger partial charge in [-0.3, -0.25) is 24.6 Å². The molecular weight excluding hydrogens is 1360 g/mol. The van der Waals surface area contributed by atoms with E-state index in [2.05, 4.69) is 39.9 Å². The monoisotopic (exact) mass is 1450 g/mol. The van der Waals surface area contributed by atoms with Gasteiger partial charge in [0.15, 0.2) is 30.4 Å². The second-order valence-electron chi connectivity index (χ2n) is 24.4. The summed E-state index contributed by atoms with van der Waals surface area (Å²) in [4.78, 5) is 60.3. The second-order valence-corrected chi connectivity index (χ2v) is 29.7. The number of hydrogen-bond donors (Lipinski definition) is 9. The Hall–Kier alpha value is -3.20. The van der Waals surface area contributed by atoms with Crippen LogP contribution in [0.5, 0.6) is 17.2 Å². The van der Waals surface area contributed by atoms with Gasteiger partial charge in [0, 0.05) is 74.2 Å². The zero-order chi connectivity index (χ0) is 66.6. The van der Waals surface area contributed by atoms with E-state index in [0.717, 1.165) is 11.8 Å². The van der Waals surface area contributed by atoms with E-state index in [0.29, 0.717) is 32.6 Å². The van der Waals surface area contributed by atoms with Crippen molar-refractivity contribution in [3.05, 3.63) is 38.0 Å². The largest absolute Gasteiger partial charge is 0.492 e. The van der Waals surface area contributed by atoms with Crippen LogP contribution in [0.4, 0.5) is 0 Å². The van der Waals surface area contributed by atoms with Crippen molar-refractivity contribution in [2.75, 3.05) is 47.3 Å². The summed E-state index contributed by atoms with van der Waals surface area (Å²) < 4.78 is 67.8. The van der Waals surface area contributed by atoms with E-state index in [-0.39, 0.29) is 91.1 Å². The van der Waals surface area contributed by atoms with E-state index in [9.17, 15) is 44.7 Å². The molecule has 7 aliphatic rings. The summed E-state index contributed by atoms with van der Waals surface area (Å²) in [7, 11) is 8.55. The number of ketones is 2. The third-order valence-corrected chi connectivity index (χ3v) is 23.5. The number of amides is 1. The Balaban J connectivity index is 1.03. The highest BCUT2D eigenvalue weighted by atomic mass is 127. The maximum atomic E-state index is 14.5. The Morgan fingerprint density at radius 1 is 0.912 bits per heavy atom. The van der Waals surface area contributed by atoms with Crippen LogP contribution in [-0.2, 0) is 57.1 Å². The number of thioether (sulfide) groups is 1. The first-order valence-corrected chi connectivity index (χ1v) is 34.5. The molecular formula is C62H87IN4O21S3. The lowest BCUT2D eigenvalue weighted by atomic mass is 9.44. The van der Waals surface area contributed by atoms with Gasteiger partial charge in [-0.1, -0.05) is 70.0 Å². The number of aliphatic hydroxyl groups is 5. The number of carbonyl (C=O) groups excluding carboxylic acids is 4. The second kappa shape index (κ2) is 31.3. The van der Waals surface area contributed by atoms with Gasteiger partial charge in [0.25, 0.3) is 0 Å². The number of rotatable bonds is 25. The molecule has 25 nitrogen and oxygen atoms in total. The highest BCUT2D eigenvalue weighted by molar-refractivity contribution is 14.1. The van der Waals surface area contributed by atoms with Crippen LogP contribution in [0, 0.1) is 51.4 Å². The number of aliphatic hydroxyl groups excluding tert-OH is 4. The molecule has 8 rings (SSSR count). The molecule has 91 heavy (non-hydrogen) atoms. The smallest absolute Gasteiger partial charge is 0.235 e. The van der Waals surface area contributed by atoms with Crippen molar-refractivity contribution >= 4 is 78.5 Å². The van der Waals surface area contributed by atoms with Gasteiger partial charge in [-0.2, -0.15) is 5.48 Å². The number of hydroxylamine groups is 1. The molecule has 4 heterocycles. The molecule has 3 unspecified atom stereocenters. The van der Waals surface area contributed by atoms with Crippen LogP contribution in [-0.4, -0.2) is 215 Å². The fourth-order valence-corrected chi connectivity index (χ4v) is 17.3. The summed E-state index contributed by atoms with van der Waals surface area (Å²) in [6.45, 7) is 16.4. The first kappa shape index (κ1) is 73.6. The number of hydrazine groups is 1. The quantitative estimate of drug-likeness (QED) is 0.00993. The highest BCUT2D eigenvalue weighted by Gasteiger charge is 2.78. The van der Waals surface area contributed by atoms with Crippen molar-refractivity contribution < 1.29 is 102 Å². The first-order valence-electron chi connectivity index (χ1n) is 30.2.